The van der Waals surface area contributed by atoms with Crippen LogP contribution in [0.4, 0.5) is 5.82 Å². The van der Waals surface area contributed by atoms with Gasteiger partial charge in [0.1, 0.15) is 12.1 Å². The molecule has 1 unspecified atom stereocenters. The van der Waals surface area contributed by atoms with Crippen LogP contribution in [0, 0.1) is 5.92 Å². The van der Waals surface area contributed by atoms with Crippen LogP contribution in [0.25, 0.3) is 0 Å². The van der Waals surface area contributed by atoms with E-state index in [2.05, 4.69) is 34.0 Å². The molecule has 0 bridgehead atoms. The van der Waals surface area contributed by atoms with Crippen molar-refractivity contribution in [2.75, 3.05) is 24.5 Å². The summed E-state index contributed by atoms with van der Waals surface area (Å²) in [6.45, 7) is 7.93. The fourth-order valence-corrected chi connectivity index (χ4v) is 3.64. The Balaban J connectivity index is 1.84. The van der Waals surface area contributed by atoms with Gasteiger partial charge in [-0.25, -0.2) is 9.97 Å². The molecule has 1 aliphatic heterocycles. The molecule has 4 nitrogen and oxygen atoms in total. The first-order valence-corrected chi connectivity index (χ1v) is 8.55. The predicted molar refractivity (Wildman–Crippen MR) is 86.7 cm³/mol. The van der Waals surface area contributed by atoms with Crippen LogP contribution in [0.1, 0.15) is 50.8 Å². The molecule has 1 aliphatic carbocycles. The second-order valence-electron chi connectivity index (χ2n) is 6.92. The van der Waals surface area contributed by atoms with Crippen LogP contribution in [-0.4, -0.2) is 35.6 Å². The van der Waals surface area contributed by atoms with E-state index in [1.807, 2.05) is 0 Å². The Bertz CT molecular complexity index is 466. The van der Waals surface area contributed by atoms with Gasteiger partial charge in [-0.05, 0) is 51.0 Å². The van der Waals surface area contributed by atoms with E-state index in [1.165, 1.54) is 49.3 Å². The normalized spacial score (nSPS) is 21.6. The van der Waals surface area contributed by atoms with E-state index in [4.69, 9.17) is 0 Å². The van der Waals surface area contributed by atoms with Gasteiger partial charge in [-0.3, -0.25) is 0 Å². The van der Waals surface area contributed by atoms with E-state index in [9.17, 15) is 0 Å². The quantitative estimate of drug-likeness (QED) is 0.904. The summed E-state index contributed by atoms with van der Waals surface area (Å²) in [6, 6.07) is 0.623. The van der Waals surface area contributed by atoms with Crippen LogP contribution in [0.15, 0.2) is 6.33 Å². The number of rotatable bonds is 5. The summed E-state index contributed by atoms with van der Waals surface area (Å²) < 4.78 is 0. The maximum absolute atomic E-state index is 4.67. The van der Waals surface area contributed by atoms with Crippen molar-refractivity contribution in [3.8, 4) is 0 Å². The van der Waals surface area contributed by atoms with Crippen molar-refractivity contribution in [1.82, 2.24) is 15.3 Å². The molecule has 1 atom stereocenters. The smallest absolute Gasteiger partial charge is 0.135 e. The van der Waals surface area contributed by atoms with Gasteiger partial charge in [0.05, 0.1) is 0 Å². The fraction of sp³-hybridized carbons (Fsp3) is 0.765. The first-order chi connectivity index (χ1) is 10.2. The molecule has 0 radical (unpaired) electrons. The topological polar surface area (TPSA) is 41.0 Å². The fourth-order valence-electron chi connectivity index (χ4n) is 3.64. The Morgan fingerprint density at radius 1 is 1.24 bits per heavy atom. The second-order valence-corrected chi connectivity index (χ2v) is 6.92. The summed E-state index contributed by atoms with van der Waals surface area (Å²) in [5.41, 5.74) is 2.71. The van der Waals surface area contributed by atoms with Crippen LogP contribution in [0.5, 0.6) is 0 Å². The predicted octanol–water partition coefficient (Wildman–Crippen LogP) is 2.57. The zero-order chi connectivity index (χ0) is 14.7. The third kappa shape index (κ3) is 3.54. The van der Waals surface area contributed by atoms with Crippen LogP contribution in [0.3, 0.4) is 0 Å². The zero-order valence-corrected chi connectivity index (χ0v) is 13.4. The molecule has 3 rings (SSSR count). The lowest BCUT2D eigenvalue weighted by Crippen LogP contribution is -2.40. The minimum absolute atomic E-state index is 0.623. The molecule has 116 valence electrons. The lowest BCUT2D eigenvalue weighted by Gasteiger charge is -2.31. The lowest BCUT2D eigenvalue weighted by molar-refractivity contribution is 0.533. The van der Waals surface area contributed by atoms with E-state index in [0.717, 1.165) is 25.9 Å². The van der Waals surface area contributed by atoms with Crippen molar-refractivity contribution >= 4 is 5.82 Å². The highest BCUT2D eigenvalue weighted by Gasteiger charge is 2.24. The summed E-state index contributed by atoms with van der Waals surface area (Å²) in [6.07, 6.45) is 9.21. The van der Waals surface area contributed by atoms with Crippen molar-refractivity contribution < 1.29 is 0 Å². The number of anilines is 1. The van der Waals surface area contributed by atoms with Crippen molar-refractivity contribution in [3.63, 3.8) is 0 Å². The molecule has 1 N–H and O–H groups in total. The summed E-state index contributed by atoms with van der Waals surface area (Å²) >= 11 is 0. The molecule has 2 aliphatic rings. The highest BCUT2D eigenvalue weighted by molar-refractivity contribution is 5.49. The summed E-state index contributed by atoms with van der Waals surface area (Å²) in [5.74, 6) is 1.86. The molecule has 2 heterocycles. The minimum atomic E-state index is 0.623. The molecule has 1 aromatic heterocycles. The molecule has 1 saturated heterocycles. The number of hydrogen-bond donors (Lipinski definition) is 1. The molecular weight excluding hydrogens is 260 g/mol. The Morgan fingerprint density at radius 2 is 2.10 bits per heavy atom. The maximum Gasteiger partial charge on any atom is 0.135 e. The summed E-state index contributed by atoms with van der Waals surface area (Å²) in [4.78, 5) is 11.7. The number of nitrogens with one attached hydrogen (secondary N) is 1. The number of fused-ring (bicyclic) bond motifs is 1. The SMILES string of the molecule is CC(C)CN(CC1CCCN1)c1ncnc2c1CCCC2. The van der Waals surface area contributed by atoms with Gasteiger partial charge >= 0.3 is 0 Å². The Labute approximate surface area is 128 Å². The van der Waals surface area contributed by atoms with Gasteiger partial charge in [-0.15, -0.1) is 0 Å². The molecule has 0 aromatic carbocycles. The highest BCUT2D eigenvalue weighted by atomic mass is 15.2. The summed E-state index contributed by atoms with van der Waals surface area (Å²) in [7, 11) is 0. The molecule has 4 heteroatoms. The molecule has 1 fully saturated rings. The van der Waals surface area contributed by atoms with Crippen LogP contribution < -0.4 is 10.2 Å². The van der Waals surface area contributed by atoms with E-state index < -0.39 is 0 Å². The molecule has 1 aromatic rings. The minimum Gasteiger partial charge on any atom is -0.354 e. The average molecular weight is 288 g/mol. The number of aryl methyl sites for hydroxylation is 1. The molecule has 0 spiro atoms. The van der Waals surface area contributed by atoms with Gasteiger partial charge in [0, 0.05) is 30.4 Å². The Kier molecular flexibility index (Phi) is 4.73. The van der Waals surface area contributed by atoms with Crippen molar-refractivity contribution in [3.05, 3.63) is 17.6 Å². The van der Waals surface area contributed by atoms with Gasteiger partial charge in [0.2, 0.25) is 0 Å². The first kappa shape index (κ1) is 14.8. The third-order valence-electron chi connectivity index (χ3n) is 4.59. The molecule has 21 heavy (non-hydrogen) atoms. The largest absolute Gasteiger partial charge is 0.354 e. The number of hydrogen-bond acceptors (Lipinski definition) is 4. The second kappa shape index (κ2) is 6.73. The molecular formula is C17H28N4. The Morgan fingerprint density at radius 3 is 2.86 bits per heavy atom. The van der Waals surface area contributed by atoms with Gasteiger partial charge in [-0.2, -0.15) is 0 Å². The van der Waals surface area contributed by atoms with Crippen molar-refractivity contribution in [1.29, 1.82) is 0 Å². The van der Waals surface area contributed by atoms with E-state index in [1.54, 1.807) is 6.33 Å². The molecule has 0 saturated carbocycles. The average Bonchev–Trinajstić information content (AvgIpc) is 2.98. The van der Waals surface area contributed by atoms with Crippen molar-refractivity contribution in [2.45, 2.75) is 58.4 Å². The monoisotopic (exact) mass is 288 g/mol. The van der Waals surface area contributed by atoms with Gasteiger partial charge < -0.3 is 10.2 Å². The van der Waals surface area contributed by atoms with Gasteiger partial charge in [0.25, 0.3) is 0 Å². The van der Waals surface area contributed by atoms with Crippen LogP contribution in [-0.2, 0) is 12.8 Å². The number of nitrogens with zero attached hydrogens (tertiary/aromatic N) is 3. The first-order valence-electron chi connectivity index (χ1n) is 8.55. The van der Waals surface area contributed by atoms with E-state index in [-0.39, 0.29) is 0 Å². The lowest BCUT2D eigenvalue weighted by atomic mass is 9.96. The van der Waals surface area contributed by atoms with E-state index >= 15 is 0 Å². The van der Waals surface area contributed by atoms with E-state index in [0.29, 0.717) is 12.0 Å². The highest BCUT2D eigenvalue weighted by Crippen LogP contribution is 2.28. The summed E-state index contributed by atoms with van der Waals surface area (Å²) in [5, 5.41) is 3.63. The standard InChI is InChI=1S/C17H28N4/c1-13(2)10-21(11-14-6-5-9-18-14)17-15-7-3-4-8-16(15)19-12-20-17/h12-14,18H,3-11H2,1-2H3. The molecule has 0 amide bonds. The van der Waals surface area contributed by atoms with Crippen LogP contribution in [0.2, 0.25) is 0 Å². The Hall–Kier alpha value is -1.16. The van der Waals surface area contributed by atoms with Gasteiger partial charge in [-0.1, -0.05) is 13.8 Å². The maximum atomic E-state index is 4.67. The van der Waals surface area contributed by atoms with Gasteiger partial charge in [0.15, 0.2) is 0 Å². The zero-order valence-electron chi connectivity index (χ0n) is 13.4. The van der Waals surface area contributed by atoms with Crippen LogP contribution >= 0.6 is 0 Å². The van der Waals surface area contributed by atoms with Crippen molar-refractivity contribution in [2.24, 2.45) is 5.92 Å². The number of aromatic nitrogens is 2. The third-order valence-corrected chi connectivity index (χ3v) is 4.59.